The van der Waals surface area contributed by atoms with Crippen molar-refractivity contribution in [1.82, 2.24) is 9.97 Å². The third-order valence-electron chi connectivity index (χ3n) is 6.05. The number of methoxy groups -OCH3 is 1. The molecule has 2 heterocycles. The van der Waals surface area contributed by atoms with E-state index < -0.39 is 9.84 Å². The molecule has 0 aliphatic carbocycles. The zero-order chi connectivity index (χ0) is 22.2. The van der Waals surface area contributed by atoms with Crippen LogP contribution in [0.25, 0.3) is 10.9 Å². The van der Waals surface area contributed by atoms with Crippen LogP contribution in [0, 0.1) is 13.8 Å². The van der Waals surface area contributed by atoms with E-state index in [1.807, 2.05) is 13.0 Å². The summed E-state index contributed by atoms with van der Waals surface area (Å²) in [5, 5.41) is 4.49. The molecule has 1 atom stereocenters. The van der Waals surface area contributed by atoms with Crippen molar-refractivity contribution in [3.8, 4) is 5.75 Å². The van der Waals surface area contributed by atoms with E-state index in [0.29, 0.717) is 18.7 Å². The van der Waals surface area contributed by atoms with Crippen LogP contribution in [0.2, 0.25) is 0 Å². The van der Waals surface area contributed by atoms with Crippen LogP contribution >= 0.6 is 0 Å². The van der Waals surface area contributed by atoms with E-state index in [0.717, 1.165) is 28.0 Å². The van der Waals surface area contributed by atoms with E-state index in [2.05, 4.69) is 54.5 Å². The van der Waals surface area contributed by atoms with Crippen LogP contribution in [0.3, 0.4) is 0 Å². The number of anilines is 1. The number of ether oxygens (including phenoxy) is 1. The highest BCUT2D eigenvalue weighted by Gasteiger charge is 2.27. The number of rotatable bonds is 5. The van der Waals surface area contributed by atoms with Crippen molar-refractivity contribution in [2.45, 2.75) is 45.6 Å². The maximum absolute atomic E-state index is 11.9. The molecule has 1 fully saturated rings. The summed E-state index contributed by atoms with van der Waals surface area (Å²) in [6.45, 7) is 6.09. The molecule has 0 unspecified atom stereocenters. The standard InChI is InChI=1S/C24H29N3O3S/c1-15-6-5-7-19(12-15)16(2)25-24-21-13-20(18-8-10-31(28,29)11-9-18)23(30-4)14-22(21)26-17(3)27-24/h5-7,12-14,16,18H,8-11H2,1-4H3,(H,25,26,27)/t16-/m0/s1. The van der Waals surface area contributed by atoms with Gasteiger partial charge in [-0.1, -0.05) is 29.8 Å². The van der Waals surface area contributed by atoms with Crippen molar-refractivity contribution in [2.24, 2.45) is 0 Å². The molecule has 7 heteroatoms. The molecule has 0 amide bonds. The first-order valence-corrected chi connectivity index (χ1v) is 12.5. The van der Waals surface area contributed by atoms with Crippen LogP contribution in [-0.4, -0.2) is 37.0 Å². The van der Waals surface area contributed by atoms with Crippen LogP contribution in [-0.2, 0) is 9.84 Å². The van der Waals surface area contributed by atoms with Gasteiger partial charge in [0.25, 0.3) is 0 Å². The molecule has 6 nitrogen and oxygen atoms in total. The minimum Gasteiger partial charge on any atom is -0.496 e. The SMILES string of the molecule is COc1cc2nc(C)nc(N[C@@H](C)c3cccc(C)c3)c2cc1C1CCS(=O)(=O)CC1. The third-order valence-corrected chi connectivity index (χ3v) is 7.76. The first kappa shape index (κ1) is 21.6. The summed E-state index contributed by atoms with van der Waals surface area (Å²) >= 11 is 0. The number of nitrogens with zero attached hydrogens (tertiary/aromatic N) is 2. The lowest BCUT2D eigenvalue weighted by Crippen LogP contribution is -2.22. The van der Waals surface area contributed by atoms with E-state index in [-0.39, 0.29) is 23.5 Å². The molecule has 1 N–H and O–H groups in total. The summed E-state index contributed by atoms with van der Waals surface area (Å²) in [4.78, 5) is 9.32. The summed E-state index contributed by atoms with van der Waals surface area (Å²) in [5.41, 5.74) is 4.25. The Bertz CT molecular complexity index is 1210. The Morgan fingerprint density at radius 1 is 1.10 bits per heavy atom. The molecule has 2 aromatic carbocycles. The van der Waals surface area contributed by atoms with Crippen molar-refractivity contribution in [2.75, 3.05) is 23.9 Å². The smallest absolute Gasteiger partial charge is 0.150 e. The summed E-state index contributed by atoms with van der Waals surface area (Å²) in [5.74, 6) is 2.81. The largest absolute Gasteiger partial charge is 0.496 e. The molecule has 31 heavy (non-hydrogen) atoms. The van der Waals surface area contributed by atoms with Gasteiger partial charge in [0.05, 0.1) is 24.1 Å². The summed E-state index contributed by atoms with van der Waals surface area (Å²) in [7, 11) is -1.28. The van der Waals surface area contributed by atoms with Crippen molar-refractivity contribution in [3.63, 3.8) is 0 Å². The van der Waals surface area contributed by atoms with Gasteiger partial charge >= 0.3 is 0 Å². The Morgan fingerprint density at radius 2 is 1.84 bits per heavy atom. The number of hydrogen-bond donors (Lipinski definition) is 1. The fourth-order valence-corrected chi connectivity index (χ4v) is 5.82. The summed E-state index contributed by atoms with van der Waals surface area (Å²) < 4.78 is 29.5. The first-order chi connectivity index (χ1) is 14.8. The monoisotopic (exact) mass is 439 g/mol. The maximum atomic E-state index is 11.9. The highest BCUT2D eigenvalue weighted by atomic mass is 32.2. The Labute approximate surface area is 184 Å². The number of aryl methyl sites for hydroxylation is 2. The van der Waals surface area contributed by atoms with Crippen LogP contribution in [0.5, 0.6) is 5.75 Å². The van der Waals surface area contributed by atoms with Gasteiger partial charge < -0.3 is 10.1 Å². The Balaban J connectivity index is 1.75. The fourth-order valence-electron chi connectivity index (χ4n) is 4.32. The topological polar surface area (TPSA) is 81.2 Å². The second-order valence-electron chi connectivity index (χ2n) is 8.44. The lowest BCUT2D eigenvalue weighted by molar-refractivity contribution is 0.403. The zero-order valence-electron chi connectivity index (χ0n) is 18.5. The Hall–Kier alpha value is -2.67. The van der Waals surface area contributed by atoms with Crippen LogP contribution < -0.4 is 10.1 Å². The number of hydrogen-bond acceptors (Lipinski definition) is 6. The average Bonchev–Trinajstić information content (AvgIpc) is 2.73. The second-order valence-corrected chi connectivity index (χ2v) is 10.7. The van der Waals surface area contributed by atoms with Crippen LogP contribution in [0.15, 0.2) is 36.4 Å². The van der Waals surface area contributed by atoms with E-state index in [9.17, 15) is 8.42 Å². The van der Waals surface area contributed by atoms with Gasteiger partial charge in [0.1, 0.15) is 27.2 Å². The van der Waals surface area contributed by atoms with E-state index >= 15 is 0 Å². The second kappa shape index (κ2) is 8.46. The molecule has 0 radical (unpaired) electrons. The molecule has 1 aliphatic heterocycles. The quantitative estimate of drug-likeness (QED) is 0.619. The van der Waals surface area contributed by atoms with Crippen molar-refractivity contribution in [3.05, 3.63) is 58.9 Å². The molecule has 1 aromatic heterocycles. The van der Waals surface area contributed by atoms with E-state index in [1.54, 1.807) is 7.11 Å². The van der Waals surface area contributed by atoms with Crippen molar-refractivity contribution in [1.29, 1.82) is 0 Å². The fraction of sp³-hybridized carbons (Fsp3) is 0.417. The number of aromatic nitrogens is 2. The molecular formula is C24H29N3O3S. The molecule has 3 aromatic rings. The summed E-state index contributed by atoms with van der Waals surface area (Å²) in [6, 6.07) is 12.5. The number of sulfone groups is 1. The van der Waals surface area contributed by atoms with Crippen LogP contribution in [0.4, 0.5) is 5.82 Å². The van der Waals surface area contributed by atoms with Gasteiger partial charge in [-0.3, -0.25) is 0 Å². The van der Waals surface area contributed by atoms with Gasteiger partial charge in [0.15, 0.2) is 0 Å². The normalized spacial score (nSPS) is 17.4. The number of fused-ring (bicyclic) bond motifs is 1. The van der Waals surface area contributed by atoms with Crippen molar-refractivity contribution >= 4 is 26.6 Å². The molecule has 4 rings (SSSR count). The third kappa shape index (κ3) is 4.66. The first-order valence-electron chi connectivity index (χ1n) is 10.7. The van der Waals surface area contributed by atoms with Gasteiger partial charge in [-0.05, 0) is 56.7 Å². The molecule has 164 valence electrons. The highest BCUT2D eigenvalue weighted by Crippen LogP contribution is 2.39. The number of nitrogens with one attached hydrogen (secondary N) is 1. The molecule has 1 saturated heterocycles. The predicted octanol–water partition coefficient (Wildman–Crippen LogP) is 4.72. The maximum Gasteiger partial charge on any atom is 0.150 e. The van der Waals surface area contributed by atoms with Gasteiger partial charge in [0, 0.05) is 17.5 Å². The molecule has 0 saturated carbocycles. The molecular weight excluding hydrogens is 410 g/mol. The van der Waals surface area contributed by atoms with Gasteiger partial charge in [-0.25, -0.2) is 18.4 Å². The number of benzene rings is 2. The molecule has 0 bridgehead atoms. The molecule has 1 aliphatic rings. The summed E-state index contributed by atoms with van der Waals surface area (Å²) in [6.07, 6.45) is 1.22. The average molecular weight is 440 g/mol. The Kier molecular flexibility index (Phi) is 5.88. The Morgan fingerprint density at radius 3 is 2.52 bits per heavy atom. The van der Waals surface area contributed by atoms with Gasteiger partial charge in [-0.2, -0.15) is 0 Å². The minimum atomic E-state index is -2.93. The minimum absolute atomic E-state index is 0.0720. The lowest BCUT2D eigenvalue weighted by Gasteiger charge is -2.25. The van der Waals surface area contributed by atoms with E-state index in [1.165, 1.54) is 11.1 Å². The zero-order valence-corrected chi connectivity index (χ0v) is 19.3. The van der Waals surface area contributed by atoms with Gasteiger partial charge in [0.2, 0.25) is 0 Å². The van der Waals surface area contributed by atoms with Gasteiger partial charge in [-0.15, -0.1) is 0 Å². The van der Waals surface area contributed by atoms with Crippen molar-refractivity contribution < 1.29 is 13.2 Å². The van der Waals surface area contributed by atoms with E-state index in [4.69, 9.17) is 9.72 Å². The predicted molar refractivity (Wildman–Crippen MR) is 125 cm³/mol. The lowest BCUT2D eigenvalue weighted by atomic mass is 9.91. The van der Waals surface area contributed by atoms with Crippen LogP contribution in [0.1, 0.15) is 54.2 Å². The molecule has 0 spiro atoms. The highest BCUT2D eigenvalue weighted by molar-refractivity contribution is 7.91.